The van der Waals surface area contributed by atoms with Crippen molar-refractivity contribution >= 4 is 15.7 Å². The molecule has 2 N–H and O–H groups in total. The van der Waals surface area contributed by atoms with Gasteiger partial charge in [0.1, 0.15) is 10.6 Å². The van der Waals surface area contributed by atoms with Gasteiger partial charge >= 0.3 is 0 Å². The van der Waals surface area contributed by atoms with E-state index >= 15 is 0 Å². The van der Waals surface area contributed by atoms with Crippen LogP contribution in [0.5, 0.6) is 11.5 Å². The maximum Gasteiger partial charge on any atom is 0.246 e. The number of methoxy groups -OCH3 is 2. The highest BCUT2D eigenvalue weighted by molar-refractivity contribution is 7.89. The van der Waals surface area contributed by atoms with Gasteiger partial charge in [0.25, 0.3) is 0 Å². The molecule has 0 bridgehead atoms. The number of benzene rings is 1. The van der Waals surface area contributed by atoms with Crippen molar-refractivity contribution in [3.05, 3.63) is 12.1 Å². The minimum atomic E-state index is -3.63. The van der Waals surface area contributed by atoms with Crippen LogP contribution in [0.15, 0.2) is 17.0 Å². The van der Waals surface area contributed by atoms with Crippen LogP contribution in [0.2, 0.25) is 0 Å². The summed E-state index contributed by atoms with van der Waals surface area (Å²) < 4.78 is 35.2. The van der Waals surface area contributed by atoms with Crippen LogP contribution >= 0.6 is 0 Å². The summed E-state index contributed by atoms with van der Waals surface area (Å²) in [6.45, 7) is 0. The lowest BCUT2D eigenvalue weighted by molar-refractivity contribution is 0.392. The zero-order chi connectivity index (χ0) is 13.2. The lowest BCUT2D eigenvalue weighted by atomic mass is 10.3. The molecule has 1 rings (SSSR count). The molecule has 0 aliphatic carbocycles. The second-order valence-corrected chi connectivity index (χ2v) is 5.66. The van der Waals surface area contributed by atoms with Crippen LogP contribution in [0.25, 0.3) is 0 Å². The van der Waals surface area contributed by atoms with Gasteiger partial charge in [0.15, 0.2) is 5.75 Å². The number of hydrogen-bond donors (Lipinski definition) is 1. The van der Waals surface area contributed by atoms with Crippen LogP contribution in [0.4, 0.5) is 5.69 Å². The molecule has 17 heavy (non-hydrogen) atoms. The summed E-state index contributed by atoms with van der Waals surface area (Å²) in [5.41, 5.74) is 5.93. The number of nitrogens with two attached hydrogens (primary N) is 1. The first-order valence-corrected chi connectivity index (χ1v) is 6.22. The third kappa shape index (κ3) is 2.45. The molecular weight excluding hydrogens is 244 g/mol. The van der Waals surface area contributed by atoms with Gasteiger partial charge in [-0.05, 0) is 0 Å². The topological polar surface area (TPSA) is 81.9 Å². The van der Waals surface area contributed by atoms with E-state index in [1.807, 2.05) is 0 Å². The fourth-order valence-corrected chi connectivity index (χ4v) is 2.42. The van der Waals surface area contributed by atoms with Gasteiger partial charge < -0.3 is 15.2 Å². The van der Waals surface area contributed by atoms with E-state index in [1.54, 1.807) is 0 Å². The molecule has 1 aromatic carbocycles. The van der Waals surface area contributed by atoms with Crippen LogP contribution in [-0.2, 0) is 10.0 Å². The number of ether oxygens (including phenoxy) is 2. The van der Waals surface area contributed by atoms with Crippen LogP contribution in [-0.4, -0.2) is 41.0 Å². The van der Waals surface area contributed by atoms with E-state index in [0.29, 0.717) is 5.75 Å². The molecule has 0 radical (unpaired) electrons. The predicted octanol–water partition coefficient (Wildman–Crippen LogP) is 0.536. The van der Waals surface area contributed by atoms with Gasteiger partial charge in [0, 0.05) is 26.2 Å². The van der Waals surface area contributed by atoms with Crippen molar-refractivity contribution < 1.29 is 17.9 Å². The third-order valence-corrected chi connectivity index (χ3v) is 4.08. The van der Waals surface area contributed by atoms with Crippen molar-refractivity contribution in [1.29, 1.82) is 0 Å². The Morgan fingerprint density at radius 1 is 1.18 bits per heavy atom. The first-order valence-electron chi connectivity index (χ1n) is 4.78. The summed E-state index contributed by atoms with van der Waals surface area (Å²) >= 11 is 0. The normalized spacial score (nSPS) is 11.6. The van der Waals surface area contributed by atoms with Crippen LogP contribution in [0.1, 0.15) is 0 Å². The molecule has 0 fully saturated rings. The lowest BCUT2D eigenvalue weighted by Gasteiger charge is -2.16. The lowest BCUT2D eigenvalue weighted by Crippen LogP contribution is -2.23. The van der Waals surface area contributed by atoms with Crippen molar-refractivity contribution in [2.75, 3.05) is 34.0 Å². The van der Waals surface area contributed by atoms with Crippen LogP contribution < -0.4 is 15.2 Å². The molecule has 0 aliphatic rings. The SMILES string of the molecule is COc1cc(N)c(OC)c(S(=O)(=O)N(C)C)c1. The molecule has 0 heterocycles. The van der Waals surface area contributed by atoms with Crippen molar-refractivity contribution in [3.8, 4) is 11.5 Å². The monoisotopic (exact) mass is 260 g/mol. The Labute approximate surface area is 101 Å². The van der Waals surface area contributed by atoms with Gasteiger partial charge in [-0.2, -0.15) is 0 Å². The molecule has 0 amide bonds. The Balaban J connectivity index is 3.56. The molecule has 0 atom stereocenters. The number of nitrogen functional groups attached to an aromatic ring is 1. The Hall–Kier alpha value is -1.47. The standard InChI is InChI=1S/C10H16N2O4S/c1-12(2)17(13,14)9-6-7(15-3)5-8(11)10(9)16-4/h5-6H,11H2,1-4H3. The van der Waals surface area contributed by atoms with Gasteiger partial charge in [0.2, 0.25) is 10.0 Å². The average Bonchev–Trinajstić information content (AvgIpc) is 2.27. The van der Waals surface area contributed by atoms with Gasteiger partial charge in [-0.1, -0.05) is 0 Å². The minimum absolute atomic E-state index is 0.0122. The van der Waals surface area contributed by atoms with E-state index < -0.39 is 10.0 Å². The quantitative estimate of drug-likeness (QED) is 0.799. The number of nitrogens with zero attached hydrogens (tertiary/aromatic N) is 1. The highest BCUT2D eigenvalue weighted by atomic mass is 32.2. The van der Waals surface area contributed by atoms with E-state index in [9.17, 15) is 8.42 Å². The van der Waals surface area contributed by atoms with Gasteiger partial charge in [-0.3, -0.25) is 0 Å². The fourth-order valence-electron chi connectivity index (χ4n) is 1.32. The molecule has 0 spiro atoms. The van der Waals surface area contributed by atoms with E-state index in [1.165, 1.54) is 40.4 Å². The summed E-state index contributed by atoms with van der Waals surface area (Å²) in [5, 5.41) is 0. The zero-order valence-corrected chi connectivity index (χ0v) is 11.0. The number of hydrogen-bond acceptors (Lipinski definition) is 5. The Bertz CT molecular complexity index is 511. The number of sulfonamides is 1. The summed E-state index contributed by atoms with van der Waals surface area (Å²) in [4.78, 5) is -0.0122. The molecule has 6 nitrogen and oxygen atoms in total. The molecule has 96 valence electrons. The molecule has 0 aromatic heterocycles. The summed E-state index contributed by atoms with van der Waals surface area (Å²) in [5.74, 6) is 0.489. The minimum Gasteiger partial charge on any atom is -0.497 e. The first-order chi connectivity index (χ1) is 7.84. The smallest absolute Gasteiger partial charge is 0.246 e. The molecular formula is C10H16N2O4S. The van der Waals surface area contributed by atoms with Crippen molar-refractivity contribution in [1.82, 2.24) is 4.31 Å². The second kappa shape index (κ2) is 4.80. The first kappa shape index (κ1) is 13.6. The molecule has 7 heteroatoms. The maximum atomic E-state index is 12.1. The summed E-state index contributed by atoms with van der Waals surface area (Å²) in [6, 6.07) is 2.89. The highest BCUT2D eigenvalue weighted by Gasteiger charge is 2.24. The van der Waals surface area contributed by atoms with E-state index in [0.717, 1.165) is 4.31 Å². The average molecular weight is 260 g/mol. The van der Waals surface area contributed by atoms with Crippen LogP contribution in [0, 0.1) is 0 Å². The Morgan fingerprint density at radius 2 is 1.76 bits per heavy atom. The molecule has 0 saturated carbocycles. The largest absolute Gasteiger partial charge is 0.497 e. The van der Waals surface area contributed by atoms with E-state index in [-0.39, 0.29) is 16.3 Å². The highest BCUT2D eigenvalue weighted by Crippen LogP contribution is 2.35. The number of anilines is 1. The molecule has 1 aromatic rings. The van der Waals surface area contributed by atoms with Crippen LogP contribution in [0.3, 0.4) is 0 Å². The maximum absolute atomic E-state index is 12.1. The number of rotatable bonds is 4. The van der Waals surface area contributed by atoms with Gasteiger partial charge in [-0.25, -0.2) is 12.7 Å². The van der Waals surface area contributed by atoms with E-state index in [2.05, 4.69) is 0 Å². The summed E-state index contributed by atoms with van der Waals surface area (Å²) in [6.07, 6.45) is 0. The zero-order valence-electron chi connectivity index (χ0n) is 10.2. The summed E-state index contributed by atoms with van der Waals surface area (Å²) in [7, 11) is 2.05. The van der Waals surface area contributed by atoms with Crippen molar-refractivity contribution in [2.45, 2.75) is 4.90 Å². The van der Waals surface area contributed by atoms with Gasteiger partial charge in [0.05, 0.1) is 19.9 Å². The van der Waals surface area contributed by atoms with E-state index in [4.69, 9.17) is 15.2 Å². The second-order valence-electron chi connectivity index (χ2n) is 3.54. The molecule has 0 unspecified atom stereocenters. The predicted molar refractivity (Wildman–Crippen MR) is 64.8 cm³/mol. The Kier molecular flexibility index (Phi) is 3.84. The third-order valence-electron chi connectivity index (χ3n) is 2.26. The Morgan fingerprint density at radius 3 is 2.18 bits per heavy atom. The van der Waals surface area contributed by atoms with Gasteiger partial charge in [-0.15, -0.1) is 0 Å². The fraction of sp³-hybridized carbons (Fsp3) is 0.400. The van der Waals surface area contributed by atoms with Crippen molar-refractivity contribution in [2.24, 2.45) is 0 Å². The molecule has 0 saturated heterocycles. The van der Waals surface area contributed by atoms with Crippen molar-refractivity contribution in [3.63, 3.8) is 0 Å². The molecule has 0 aliphatic heterocycles.